The number of rotatable bonds is 8. The molecule has 8 heteroatoms. The summed E-state index contributed by atoms with van der Waals surface area (Å²) >= 11 is 1.35. The van der Waals surface area contributed by atoms with Gasteiger partial charge in [0.1, 0.15) is 17.4 Å². The van der Waals surface area contributed by atoms with Crippen LogP contribution in [0.1, 0.15) is 50.7 Å². The maximum Gasteiger partial charge on any atom is 0.283 e. The number of fused-ring (bicyclic) bond motifs is 2. The minimum Gasteiger partial charge on any atom is -0.491 e. The summed E-state index contributed by atoms with van der Waals surface area (Å²) in [6, 6.07) is 16.3. The van der Waals surface area contributed by atoms with Crippen LogP contribution in [0.5, 0.6) is 5.75 Å². The molecule has 0 bridgehead atoms. The minimum atomic E-state index is -0.409. The molecule has 1 atom stereocenters. The fourth-order valence-corrected chi connectivity index (χ4v) is 5.22. The molecule has 3 aromatic rings. The van der Waals surface area contributed by atoms with Gasteiger partial charge >= 0.3 is 0 Å². The molecule has 7 nitrogen and oxygen atoms in total. The zero-order valence-corrected chi connectivity index (χ0v) is 21.5. The van der Waals surface area contributed by atoms with E-state index in [1.807, 2.05) is 43.5 Å². The summed E-state index contributed by atoms with van der Waals surface area (Å²) in [6.07, 6.45) is 5.56. The first kappa shape index (κ1) is 24.1. The molecule has 0 fully saturated rings. The van der Waals surface area contributed by atoms with Crippen molar-refractivity contribution in [1.82, 2.24) is 9.58 Å². The Morgan fingerprint density at radius 1 is 1.14 bits per heavy atom. The van der Waals surface area contributed by atoms with E-state index in [1.165, 1.54) is 22.3 Å². The second-order valence-corrected chi connectivity index (χ2v) is 9.90. The van der Waals surface area contributed by atoms with Gasteiger partial charge in [0.25, 0.3) is 5.91 Å². The number of carbonyl (C=O) groups is 1. The first-order chi connectivity index (χ1) is 17.5. The van der Waals surface area contributed by atoms with Crippen LogP contribution >= 0.6 is 11.8 Å². The largest absolute Gasteiger partial charge is 0.491 e. The molecule has 0 unspecified atom stereocenters. The molecule has 0 saturated carbocycles. The highest BCUT2D eigenvalue weighted by atomic mass is 32.2. The molecule has 0 spiro atoms. The predicted octanol–water partition coefficient (Wildman–Crippen LogP) is 6.26. The number of hydrazone groups is 1. The Balaban J connectivity index is 1.41. The summed E-state index contributed by atoms with van der Waals surface area (Å²) in [5.74, 6) is 1.01. The normalized spacial score (nSPS) is 17.4. The van der Waals surface area contributed by atoms with Crippen LogP contribution < -0.4 is 4.74 Å². The number of ether oxygens (including phenoxy) is 1. The lowest BCUT2D eigenvalue weighted by Crippen LogP contribution is -2.35. The minimum absolute atomic E-state index is 0.0581. The Morgan fingerprint density at radius 3 is 2.72 bits per heavy atom. The van der Waals surface area contributed by atoms with Gasteiger partial charge in [0.05, 0.1) is 12.1 Å². The average Bonchev–Trinajstić information content (AvgIpc) is 3.48. The molecule has 184 valence electrons. The van der Waals surface area contributed by atoms with Crippen LogP contribution in [0, 0.1) is 5.41 Å². The van der Waals surface area contributed by atoms with Crippen LogP contribution in [0.25, 0.3) is 17.0 Å². The second kappa shape index (κ2) is 10.1. The summed E-state index contributed by atoms with van der Waals surface area (Å²) in [4.78, 5) is 17.0. The number of benzene rings is 2. The number of amidine groups is 2. The molecule has 5 rings (SSSR count). The van der Waals surface area contributed by atoms with Crippen molar-refractivity contribution in [2.75, 3.05) is 6.61 Å². The van der Waals surface area contributed by atoms with Crippen molar-refractivity contribution in [3.05, 3.63) is 71.4 Å². The number of aromatic nitrogens is 1. The third-order valence-electron chi connectivity index (χ3n) is 6.57. The third kappa shape index (κ3) is 4.48. The maximum absolute atomic E-state index is 12.8. The van der Waals surface area contributed by atoms with Gasteiger partial charge in [-0.2, -0.15) is 15.1 Å². The number of carbonyl (C=O) groups excluding carboxylic acids is 1. The first-order valence-electron chi connectivity index (χ1n) is 12.3. The summed E-state index contributed by atoms with van der Waals surface area (Å²) < 4.78 is 8.35. The highest BCUT2D eigenvalue weighted by Gasteiger charge is 2.35. The van der Waals surface area contributed by atoms with Gasteiger partial charge in [-0.05, 0) is 54.3 Å². The van der Waals surface area contributed by atoms with Crippen molar-refractivity contribution in [2.24, 2.45) is 10.1 Å². The van der Waals surface area contributed by atoms with E-state index in [9.17, 15) is 4.79 Å². The van der Waals surface area contributed by atoms with Gasteiger partial charge in [0.15, 0.2) is 5.84 Å². The van der Waals surface area contributed by atoms with Gasteiger partial charge in [0.2, 0.25) is 5.17 Å². The Bertz CT molecular complexity index is 1430. The number of nitrogens with zero attached hydrogens (tertiary/aromatic N) is 4. The maximum atomic E-state index is 12.8. The number of para-hydroxylation sites is 2. The van der Waals surface area contributed by atoms with E-state index in [-0.39, 0.29) is 11.4 Å². The van der Waals surface area contributed by atoms with Gasteiger partial charge in [-0.15, -0.1) is 0 Å². The lowest BCUT2D eigenvalue weighted by atomic mass is 9.98. The smallest absolute Gasteiger partial charge is 0.283 e. The molecule has 1 amide bonds. The molecule has 0 aliphatic carbocycles. The van der Waals surface area contributed by atoms with Crippen LogP contribution in [-0.4, -0.2) is 38.1 Å². The fraction of sp³-hybridized carbons (Fsp3) is 0.286. The summed E-state index contributed by atoms with van der Waals surface area (Å²) in [6.45, 7) is 7.56. The zero-order chi connectivity index (χ0) is 25.2. The Kier molecular flexibility index (Phi) is 6.78. The van der Waals surface area contributed by atoms with Crippen molar-refractivity contribution >= 4 is 50.7 Å². The Hall–Kier alpha value is -3.65. The molecule has 1 aromatic heterocycles. The molecule has 3 heterocycles. The quantitative estimate of drug-likeness (QED) is 0.371. The average molecular weight is 500 g/mol. The summed E-state index contributed by atoms with van der Waals surface area (Å²) in [7, 11) is 0. The van der Waals surface area contributed by atoms with Gasteiger partial charge in [-0.1, -0.05) is 57.2 Å². The highest BCUT2D eigenvalue weighted by Crippen LogP contribution is 2.31. The third-order valence-corrected chi connectivity index (χ3v) is 7.62. The van der Waals surface area contributed by atoms with Crippen molar-refractivity contribution in [2.45, 2.75) is 46.1 Å². The standard InChI is InChI=1S/C28H29N5O2S/c1-4-18(3)20-10-7-9-13-24(20)35-15-14-32-17-19(21-11-6-8-12-23(21)32)16-22-26(29)33-28(30-27(22)34)36-25(5-2)31-33/h6-13,16-18,29H,4-5,14-15H2,1-3H3/b22-16-,29-26?/t18-/m1/s1. The number of hydrogen-bond acceptors (Lipinski definition) is 5. The number of aliphatic imine (C=N–C) groups is 1. The van der Waals surface area contributed by atoms with E-state index >= 15 is 0 Å². The van der Waals surface area contributed by atoms with Gasteiger partial charge in [-0.25, -0.2) is 0 Å². The molecular formula is C28H29N5O2S. The van der Waals surface area contributed by atoms with Crippen LogP contribution in [0.2, 0.25) is 0 Å². The van der Waals surface area contributed by atoms with E-state index in [0.717, 1.165) is 40.1 Å². The molecule has 36 heavy (non-hydrogen) atoms. The highest BCUT2D eigenvalue weighted by molar-refractivity contribution is 8.26. The molecule has 2 aromatic carbocycles. The van der Waals surface area contributed by atoms with Crippen LogP contribution in [0.3, 0.4) is 0 Å². The lowest BCUT2D eigenvalue weighted by Gasteiger charge is -2.20. The zero-order valence-electron chi connectivity index (χ0n) is 20.7. The van der Waals surface area contributed by atoms with E-state index in [4.69, 9.17) is 10.1 Å². The van der Waals surface area contributed by atoms with Crippen molar-refractivity contribution < 1.29 is 9.53 Å². The second-order valence-electron chi connectivity index (χ2n) is 8.86. The number of hydrogen-bond donors (Lipinski definition) is 1. The summed E-state index contributed by atoms with van der Waals surface area (Å²) in [5, 5.41) is 16.8. The van der Waals surface area contributed by atoms with E-state index in [1.54, 1.807) is 6.08 Å². The molecule has 0 saturated heterocycles. The van der Waals surface area contributed by atoms with Crippen LogP contribution in [-0.2, 0) is 11.3 Å². The molecule has 0 radical (unpaired) electrons. The van der Waals surface area contributed by atoms with Crippen LogP contribution in [0.4, 0.5) is 0 Å². The molecular weight excluding hydrogens is 470 g/mol. The topological polar surface area (TPSA) is 83.0 Å². The van der Waals surface area contributed by atoms with E-state index in [2.05, 4.69) is 46.7 Å². The molecule has 1 N–H and O–H groups in total. The SMILES string of the molecule is CCC1=NN2C(=N)/C(=C/c3cn(CCOc4ccccc4[C@H](C)CC)c4ccccc34)C(=O)N=C2S1. The van der Waals surface area contributed by atoms with E-state index < -0.39 is 5.91 Å². The van der Waals surface area contributed by atoms with Gasteiger partial charge < -0.3 is 9.30 Å². The van der Waals surface area contributed by atoms with E-state index in [0.29, 0.717) is 24.2 Å². The molecule has 2 aliphatic heterocycles. The van der Waals surface area contributed by atoms with Crippen molar-refractivity contribution in [1.29, 1.82) is 5.41 Å². The number of amides is 1. The van der Waals surface area contributed by atoms with Crippen molar-refractivity contribution in [3.8, 4) is 5.75 Å². The van der Waals surface area contributed by atoms with Gasteiger partial charge in [0, 0.05) is 22.7 Å². The Morgan fingerprint density at radius 2 is 1.92 bits per heavy atom. The first-order valence-corrected chi connectivity index (χ1v) is 13.1. The van der Waals surface area contributed by atoms with Crippen molar-refractivity contribution in [3.63, 3.8) is 0 Å². The fourth-order valence-electron chi connectivity index (χ4n) is 4.40. The number of thioether (sulfide) groups is 1. The Labute approximate surface area is 215 Å². The monoisotopic (exact) mass is 499 g/mol. The van der Waals surface area contributed by atoms with Crippen LogP contribution in [0.15, 0.2) is 70.4 Å². The lowest BCUT2D eigenvalue weighted by molar-refractivity contribution is -0.114. The predicted molar refractivity (Wildman–Crippen MR) is 148 cm³/mol. The molecule has 2 aliphatic rings. The van der Waals surface area contributed by atoms with Gasteiger partial charge in [-0.3, -0.25) is 10.2 Å². The summed E-state index contributed by atoms with van der Waals surface area (Å²) in [5.41, 5.74) is 3.38. The number of nitrogens with one attached hydrogen (secondary N) is 1.